The molecule has 1 aliphatic rings. The standard InChI is InChI=1S/C28H28N4O3/c1-34-24-13-11-22(12-14-24)30-15-17-31(18-16-30)28(33)27-20-26(21-7-6-10-25(19-21)35-2)29-32(27)23-8-4-3-5-9-23/h3-14,19-20H,15-18H2,1-2H3. The Bertz CT molecular complexity index is 1290. The van der Waals surface area contributed by atoms with Crippen LogP contribution in [0.3, 0.4) is 0 Å². The lowest BCUT2D eigenvalue weighted by atomic mass is 10.1. The van der Waals surface area contributed by atoms with Crippen molar-refractivity contribution in [2.24, 2.45) is 0 Å². The molecule has 0 aliphatic carbocycles. The zero-order chi connectivity index (χ0) is 24.2. The van der Waals surface area contributed by atoms with Crippen LogP contribution in [0.1, 0.15) is 10.5 Å². The average molecular weight is 469 g/mol. The van der Waals surface area contributed by atoms with Crippen molar-refractivity contribution >= 4 is 11.6 Å². The highest BCUT2D eigenvalue weighted by atomic mass is 16.5. The third-order valence-electron chi connectivity index (χ3n) is 6.30. The molecule has 7 heteroatoms. The Balaban J connectivity index is 1.40. The SMILES string of the molecule is COc1ccc(N2CCN(C(=O)c3cc(-c4cccc(OC)c4)nn3-c3ccccc3)CC2)cc1. The lowest BCUT2D eigenvalue weighted by molar-refractivity contribution is 0.0737. The summed E-state index contributed by atoms with van der Waals surface area (Å²) in [6.07, 6.45) is 0. The van der Waals surface area contributed by atoms with Gasteiger partial charge in [-0.15, -0.1) is 0 Å². The normalized spacial score (nSPS) is 13.5. The third kappa shape index (κ3) is 4.71. The summed E-state index contributed by atoms with van der Waals surface area (Å²) in [5, 5.41) is 4.81. The number of hydrogen-bond donors (Lipinski definition) is 0. The molecular weight excluding hydrogens is 440 g/mol. The number of nitrogens with zero attached hydrogens (tertiary/aromatic N) is 4. The molecule has 4 aromatic rings. The molecule has 1 amide bonds. The molecule has 35 heavy (non-hydrogen) atoms. The van der Waals surface area contributed by atoms with Crippen molar-refractivity contribution in [3.63, 3.8) is 0 Å². The summed E-state index contributed by atoms with van der Waals surface area (Å²) in [6.45, 7) is 2.80. The molecule has 0 bridgehead atoms. The van der Waals surface area contributed by atoms with Gasteiger partial charge in [-0.3, -0.25) is 4.79 Å². The van der Waals surface area contributed by atoms with Crippen molar-refractivity contribution in [3.8, 4) is 28.4 Å². The van der Waals surface area contributed by atoms with Gasteiger partial charge in [-0.1, -0.05) is 30.3 Å². The van der Waals surface area contributed by atoms with Gasteiger partial charge in [-0.05, 0) is 54.6 Å². The second-order valence-electron chi connectivity index (χ2n) is 8.37. The number of amides is 1. The van der Waals surface area contributed by atoms with Gasteiger partial charge in [0.1, 0.15) is 17.2 Å². The minimum absolute atomic E-state index is 0.0233. The van der Waals surface area contributed by atoms with Crippen molar-refractivity contribution in [2.75, 3.05) is 45.3 Å². The summed E-state index contributed by atoms with van der Waals surface area (Å²) in [4.78, 5) is 17.9. The fraction of sp³-hybridized carbons (Fsp3) is 0.214. The van der Waals surface area contributed by atoms with Crippen LogP contribution in [0.25, 0.3) is 16.9 Å². The molecule has 1 fully saturated rings. The van der Waals surface area contributed by atoms with Crippen LogP contribution in [0.4, 0.5) is 5.69 Å². The van der Waals surface area contributed by atoms with E-state index in [4.69, 9.17) is 14.6 Å². The van der Waals surface area contributed by atoms with E-state index in [0.29, 0.717) is 18.8 Å². The fourth-order valence-electron chi connectivity index (χ4n) is 4.35. The van der Waals surface area contributed by atoms with Crippen molar-refractivity contribution in [3.05, 3.63) is 90.6 Å². The Morgan fingerprint density at radius 1 is 0.743 bits per heavy atom. The molecule has 0 spiro atoms. The molecule has 1 saturated heterocycles. The summed E-state index contributed by atoms with van der Waals surface area (Å²) >= 11 is 0. The van der Waals surface area contributed by atoms with E-state index in [-0.39, 0.29) is 5.91 Å². The van der Waals surface area contributed by atoms with E-state index < -0.39 is 0 Å². The van der Waals surface area contributed by atoms with E-state index in [2.05, 4.69) is 17.0 Å². The predicted molar refractivity (Wildman–Crippen MR) is 137 cm³/mol. The van der Waals surface area contributed by atoms with Gasteiger partial charge in [0.25, 0.3) is 5.91 Å². The highest BCUT2D eigenvalue weighted by Crippen LogP contribution is 2.27. The first-order valence-electron chi connectivity index (χ1n) is 11.6. The summed E-state index contributed by atoms with van der Waals surface area (Å²) in [6, 6.07) is 27.4. The quantitative estimate of drug-likeness (QED) is 0.417. The summed E-state index contributed by atoms with van der Waals surface area (Å²) < 4.78 is 12.4. The number of para-hydroxylation sites is 1. The number of carbonyl (C=O) groups excluding carboxylic acids is 1. The van der Waals surface area contributed by atoms with Gasteiger partial charge in [0, 0.05) is 37.4 Å². The molecule has 0 atom stereocenters. The minimum atomic E-state index is -0.0233. The van der Waals surface area contributed by atoms with E-state index >= 15 is 0 Å². The fourth-order valence-corrected chi connectivity index (χ4v) is 4.35. The highest BCUT2D eigenvalue weighted by Gasteiger charge is 2.26. The number of benzene rings is 3. The molecule has 1 aliphatic heterocycles. The van der Waals surface area contributed by atoms with Crippen molar-refractivity contribution in [1.82, 2.24) is 14.7 Å². The molecule has 0 saturated carbocycles. The maximum absolute atomic E-state index is 13.7. The summed E-state index contributed by atoms with van der Waals surface area (Å²) in [7, 11) is 3.31. The number of hydrogen-bond acceptors (Lipinski definition) is 5. The van der Waals surface area contributed by atoms with Gasteiger partial charge in [-0.2, -0.15) is 5.10 Å². The first kappa shape index (κ1) is 22.5. The zero-order valence-corrected chi connectivity index (χ0v) is 19.9. The Morgan fingerprint density at radius 3 is 2.14 bits per heavy atom. The predicted octanol–water partition coefficient (Wildman–Crippen LogP) is 4.52. The van der Waals surface area contributed by atoms with Gasteiger partial charge >= 0.3 is 0 Å². The number of piperazine rings is 1. The Labute approximate surface area is 205 Å². The number of methoxy groups -OCH3 is 2. The second kappa shape index (κ2) is 9.93. The van der Waals surface area contributed by atoms with E-state index in [1.54, 1.807) is 18.9 Å². The monoisotopic (exact) mass is 468 g/mol. The van der Waals surface area contributed by atoms with Crippen molar-refractivity contribution < 1.29 is 14.3 Å². The Hall–Kier alpha value is -4.26. The van der Waals surface area contributed by atoms with E-state index in [1.165, 1.54) is 0 Å². The maximum Gasteiger partial charge on any atom is 0.272 e. The molecule has 2 heterocycles. The number of anilines is 1. The molecule has 3 aromatic carbocycles. The number of carbonyl (C=O) groups is 1. The highest BCUT2D eigenvalue weighted by molar-refractivity contribution is 5.94. The Kier molecular flexibility index (Phi) is 6.39. The van der Waals surface area contributed by atoms with E-state index in [1.807, 2.05) is 77.7 Å². The van der Waals surface area contributed by atoms with E-state index in [9.17, 15) is 4.79 Å². The van der Waals surface area contributed by atoms with Crippen molar-refractivity contribution in [1.29, 1.82) is 0 Å². The second-order valence-corrected chi connectivity index (χ2v) is 8.37. The van der Waals surface area contributed by atoms with Gasteiger partial charge in [0.15, 0.2) is 0 Å². The zero-order valence-electron chi connectivity index (χ0n) is 19.9. The van der Waals surface area contributed by atoms with Gasteiger partial charge in [0.05, 0.1) is 25.6 Å². The first-order chi connectivity index (χ1) is 17.2. The lowest BCUT2D eigenvalue weighted by Crippen LogP contribution is -2.49. The first-order valence-corrected chi connectivity index (χ1v) is 11.6. The van der Waals surface area contributed by atoms with Crippen molar-refractivity contribution in [2.45, 2.75) is 0 Å². The number of ether oxygens (including phenoxy) is 2. The summed E-state index contributed by atoms with van der Waals surface area (Å²) in [5.74, 6) is 1.56. The van der Waals surface area contributed by atoms with Crippen LogP contribution in [0.5, 0.6) is 11.5 Å². The average Bonchev–Trinajstić information content (AvgIpc) is 3.39. The smallest absolute Gasteiger partial charge is 0.272 e. The van der Waals surface area contributed by atoms with Crippen LogP contribution in [0.2, 0.25) is 0 Å². The van der Waals surface area contributed by atoms with Crippen LogP contribution >= 0.6 is 0 Å². The topological polar surface area (TPSA) is 59.8 Å². The number of aromatic nitrogens is 2. The molecule has 7 nitrogen and oxygen atoms in total. The van der Waals surface area contributed by atoms with Gasteiger partial charge < -0.3 is 19.3 Å². The summed E-state index contributed by atoms with van der Waals surface area (Å²) in [5.41, 5.74) is 4.16. The third-order valence-corrected chi connectivity index (χ3v) is 6.30. The van der Waals surface area contributed by atoms with Crippen LogP contribution in [-0.4, -0.2) is 61.0 Å². The lowest BCUT2D eigenvalue weighted by Gasteiger charge is -2.36. The van der Waals surface area contributed by atoms with Crippen LogP contribution in [-0.2, 0) is 0 Å². The Morgan fingerprint density at radius 2 is 1.46 bits per heavy atom. The molecular formula is C28H28N4O3. The molecule has 178 valence electrons. The molecule has 0 N–H and O–H groups in total. The van der Waals surface area contributed by atoms with Crippen LogP contribution < -0.4 is 14.4 Å². The molecule has 1 aromatic heterocycles. The molecule has 0 unspecified atom stereocenters. The van der Waals surface area contributed by atoms with Gasteiger partial charge in [-0.25, -0.2) is 4.68 Å². The number of rotatable bonds is 6. The minimum Gasteiger partial charge on any atom is -0.497 e. The van der Waals surface area contributed by atoms with Gasteiger partial charge in [0.2, 0.25) is 0 Å². The van der Waals surface area contributed by atoms with Crippen LogP contribution in [0, 0.1) is 0 Å². The molecule has 0 radical (unpaired) electrons. The molecule has 5 rings (SSSR count). The van der Waals surface area contributed by atoms with E-state index in [0.717, 1.165) is 47.2 Å². The van der Waals surface area contributed by atoms with Crippen LogP contribution in [0.15, 0.2) is 84.9 Å². The maximum atomic E-state index is 13.7. The largest absolute Gasteiger partial charge is 0.497 e.